The van der Waals surface area contributed by atoms with Gasteiger partial charge in [-0.15, -0.1) is 0 Å². The standard InChI is InChI=1S/C27H32N4O5/c1-16-10-11-19-20(30(16)26(34)36-3)12-13-21-23(19)29-25(27(2,35)22-9-4-5-14-28-22)31(21)18-8-6-7-17(15-18)24(32)33/h4-5,9,12-14,16-18,35H,6-8,10-11,15H2,1-3H3,(H,32,33)/t16-,17?,18?,27?/m0/s1. The quantitative estimate of drug-likeness (QED) is 0.554. The second-order valence-corrected chi connectivity index (χ2v) is 10.1. The third kappa shape index (κ3) is 3.91. The van der Waals surface area contributed by atoms with Gasteiger partial charge in [0.25, 0.3) is 0 Å². The van der Waals surface area contributed by atoms with Crippen LogP contribution in [0, 0.1) is 5.92 Å². The van der Waals surface area contributed by atoms with Gasteiger partial charge < -0.3 is 19.5 Å². The highest BCUT2D eigenvalue weighted by atomic mass is 16.5. The second kappa shape index (κ2) is 9.20. The van der Waals surface area contributed by atoms with Gasteiger partial charge >= 0.3 is 12.1 Å². The Kier molecular flexibility index (Phi) is 6.20. The van der Waals surface area contributed by atoms with E-state index >= 15 is 0 Å². The molecule has 4 atom stereocenters. The number of benzene rings is 1. The molecule has 0 spiro atoms. The lowest BCUT2D eigenvalue weighted by atomic mass is 9.85. The van der Waals surface area contributed by atoms with Crippen molar-refractivity contribution >= 4 is 28.8 Å². The van der Waals surface area contributed by atoms with Crippen molar-refractivity contribution < 1.29 is 24.5 Å². The van der Waals surface area contributed by atoms with Crippen molar-refractivity contribution in [3.05, 3.63) is 53.6 Å². The first-order valence-corrected chi connectivity index (χ1v) is 12.5. The second-order valence-electron chi connectivity index (χ2n) is 10.1. The maximum absolute atomic E-state index is 12.6. The third-order valence-electron chi connectivity index (χ3n) is 7.79. The number of aliphatic carboxylic acids is 1. The average Bonchev–Trinajstić information content (AvgIpc) is 3.29. The molecule has 2 aromatic heterocycles. The van der Waals surface area contributed by atoms with Crippen molar-refractivity contribution in [2.45, 2.75) is 70.1 Å². The summed E-state index contributed by atoms with van der Waals surface area (Å²) in [6.07, 6.45) is 5.39. The molecular weight excluding hydrogens is 460 g/mol. The molecular formula is C27H32N4O5. The van der Waals surface area contributed by atoms with Crippen LogP contribution in [0.15, 0.2) is 36.5 Å². The number of nitrogens with zero attached hydrogens (tertiary/aromatic N) is 4. The molecule has 1 fully saturated rings. The molecule has 1 aliphatic heterocycles. The van der Waals surface area contributed by atoms with Crippen LogP contribution in [0.2, 0.25) is 0 Å². The molecule has 9 heteroatoms. The van der Waals surface area contributed by atoms with Crippen molar-refractivity contribution in [3.63, 3.8) is 0 Å². The summed E-state index contributed by atoms with van der Waals surface area (Å²) in [5.74, 6) is -0.798. The number of amides is 1. The Morgan fingerprint density at radius 1 is 1.17 bits per heavy atom. The number of hydrogen-bond acceptors (Lipinski definition) is 6. The first kappa shape index (κ1) is 24.2. The topological polar surface area (TPSA) is 118 Å². The summed E-state index contributed by atoms with van der Waals surface area (Å²) < 4.78 is 7.08. The zero-order valence-corrected chi connectivity index (χ0v) is 20.8. The number of carbonyl (C=O) groups is 2. The number of aryl methyl sites for hydroxylation is 1. The van der Waals surface area contributed by atoms with Gasteiger partial charge in [-0.3, -0.25) is 14.7 Å². The van der Waals surface area contributed by atoms with Gasteiger partial charge in [-0.1, -0.05) is 12.5 Å². The number of fused-ring (bicyclic) bond motifs is 3. The fourth-order valence-corrected chi connectivity index (χ4v) is 5.88. The van der Waals surface area contributed by atoms with E-state index in [4.69, 9.17) is 9.72 Å². The molecule has 2 aliphatic rings. The molecule has 9 nitrogen and oxygen atoms in total. The van der Waals surface area contributed by atoms with Gasteiger partial charge in [0.2, 0.25) is 0 Å². The van der Waals surface area contributed by atoms with Gasteiger partial charge in [0, 0.05) is 23.8 Å². The number of anilines is 1. The summed E-state index contributed by atoms with van der Waals surface area (Å²) in [6.45, 7) is 3.67. The van der Waals surface area contributed by atoms with E-state index in [0.29, 0.717) is 24.4 Å². The minimum absolute atomic E-state index is 0.0183. The maximum atomic E-state index is 12.6. The SMILES string of the molecule is COC(=O)N1c2ccc3c(nc(C(C)(O)c4ccccn4)n3C3CCCC(C(=O)O)C3)c2CC[C@@H]1C. The normalized spacial score (nSPS) is 23.7. The zero-order chi connectivity index (χ0) is 25.6. The van der Waals surface area contributed by atoms with Crippen LogP contribution in [0.3, 0.4) is 0 Å². The van der Waals surface area contributed by atoms with Gasteiger partial charge in [0.15, 0.2) is 5.60 Å². The van der Waals surface area contributed by atoms with Gasteiger partial charge in [-0.25, -0.2) is 9.78 Å². The minimum atomic E-state index is -1.51. The van der Waals surface area contributed by atoms with E-state index in [-0.39, 0.29) is 12.1 Å². The number of carboxylic acids is 1. The lowest BCUT2D eigenvalue weighted by Gasteiger charge is -2.34. The van der Waals surface area contributed by atoms with Crippen LogP contribution in [0.5, 0.6) is 0 Å². The number of ether oxygens (including phenoxy) is 1. The van der Waals surface area contributed by atoms with Crippen molar-refractivity contribution in [2.24, 2.45) is 5.92 Å². The average molecular weight is 493 g/mol. The number of aromatic nitrogens is 3. The largest absolute Gasteiger partial charge is 0.481 e. The molecule has 190 valence electrons. The van der Waals surface area contributed by atoms with Crippen LogP contribution >= 0.6 is 0 Å². The molecule has 1 aromatic carbocycles. The number of carbonyl (C=O) groups excluding carboxylic acids is 1. The summed E-state index contributed by atoms with van der Waals surface area (Å²) >= 11 is 0. The molecule has 1 aliphatic carbocycles. The van der Waals surface area contributed by atoms with Crippen LogP contribution in [-0.2, 0) is 21.6 Å². The Labute approximate surface area is 209 Å². The van der Waals surface area contributed by atoms with Crippen LogP contribution in [-0.4, -0.2) is 50.0 Å². The van der Waals surface area contributed by atoms with Crippen molar-refractivity contribution in [2.75, 3.05) is 12.0 Å². The van der Waals surface area contributed by atoms with E-state index in [9.17, 15) is 19.8 Å². The van der Waals surface area contributed by atoms with Crippen molar-refractivity contribution in [1.29, 1.82) is 0 Å². The molecule has 0 bridgehead atoms. The Morgan fingerprint density at radius 3 is 2.67 bits per heavy atom. The Bertz CT molecular complexity index is 1300. The Balaban J connectivity index is 1.73. The first-order valence-electron chi connectivity index (χ1n) is 12.5. The summed E-state index contributed by atoms with van der Waals surface area (Å²) in [6, 6.07) is 9.07. The van der Waals surface area contributed by atoms with E-state index < -0.39 is 23.6 Å². The van der Waals surface area contributed by atoms with Gasteiger partial charge in [-0.05, 0) is 70.2 Å². The summed E-state index contributed by atoms with van der Waals surface area (Å²) in [5.41, 5.74) is 2.19. The number of methoxy groups -OCH3 is 1. The smallest absolute Gasteiger partial charge is 0.414 e. The predicted molar refractivity (Wildman–Crippen MR) is 134 cm³/mol. The number of imidazole rings is 1. The van der Waals surface area contributed by atoms with Crippen LogP contribution in [0.4, 0.5) is 10.5 Å². The Morgan fingerprint density at radius 2 is 1.97 bits per heavy atom. The molecule has 0 radical (unpaired) electrons. The molecule has 5 rings (SSSR count). The number of pyridine rings is 1. The maximum Gasteiger partial charge on any atom is 0.414 e. The fourth-order valence-electron chi connectivity index (χ4n) is 5.88. The van der Waals surface area contributed by atoms with Crippen LogP contribution in [0.1, 0.15) is 69.1 Å². The lowest BCUT2D eigenvalue weighted by Crippen LogP contribution is -2.42. The Hall–Kier alpha value is -3.46. The number of carboxylic acid groups (broad SMARTS) is 1. The van der Waals surface area contributed by atoms with Crippen LogP contribution in [0.25, 0.3) is 11.0 Å². The number of hydrogen-bond donors (Lipinski definition) is 2. The van der Waals surface area contributed by atoms with E-state index in [2.05, 4.69) is 4.98 Å². The van der Waals surface area contributed by atoms with E-state index in [1.54, 1.807) is 30.2 Å². The fraction of sp³-hybridized carbons (Fsp3) is 0.481. The summed E-state index contributed by atoms with van der Waals surface area (Å²) in [5, 5.41) is 21.6. The number of rotatable bonds is 4. The minimum Gasteiger partial charge on any atom is -0.481 e. The molecule has 1 saturated carbocycles. The molecule has 3 aromatic rings. The molecule has 3 heterocycles. The first-order chi connectivity index (χ1) is 17.2. The molecule has 2 N–H and O–H groups in total. The molecule has 1 amide bonds. The highest BCUT2D eigenvalue weighted by Gasteiger charge is 2.39. The van der Waals surface area contributed by atoms with Crippen molar-refractivity contribution in [1.82, 2.24) is 14.5 Å². The van der Waals surface area contributed by atoms with Crippen LogP contribution < -0.4 is 4.90 Å². The van der Waals surface area contributed by atoms with Gasteiger partial charge in [0.05, 0.1) is 35.4 Å². The van der Waals surface area contributed by atoms with Crippen molar-refractivity contribution in [3.8, 4) is 0 Å². The van der Waals surface area contributed by atoms with E-state index in [1.165, 1.54) is 7.11 Å². The zero-order valence-electron chi connectivity index (χ0n) is 20.8. The highest BCUT2D eigenvalue weighted by Crippen LogP contribution is 2.43. The molecule has 36 heavy (non-hydrogen) atoms. The summed E-state index contributed by atoms with van der Waals surface area (Å²) in [7, 11) is 1.38. The van der Waals surface area contributed by atoms with Gasteiger partial charge in [0.1, 0.15) is 5.82 Å². The van der Waals surface area contributed by atoms with E-state index in [0.717, 1.165) is 48.0 Å². The number of aliphatic hydroxyl groups is 1. The highest BCUT2D eigenvalue weighted by molar-refractivity contribution is 5.95. The molecule has 0 saturated heterocycles. The van der Waals surface area contributed by atoms with E-state index in [1.807, 2.05) is 29.7 Å². The summed E-state index contributed by atoms with van der Waals surface area (Å²) in [4.78, 5) is 35.5. The van der Waals surface area contributed by atoms with Gasteiger partial charge in [-0.2, -0.15) is 0 Å². The molecule has 3 unspecified atom stereocenters. The third-order valence-corrected chi connectivity index (χ3v) is 7.79. The predicted octanol–water partition coefficient (Wildman–Crippen LogP) is 4.41. The lowest BCUT2D eigenvalue weighted by molar-refractivity contribution is -0.143. The monoisotopic (exact) mass is 492 g/mol.